The van der Waals surface area contributed by atoms with Crippen molar-refractivity contribution in [3.05, 3.63) is 133 Å². The van der Waals surface area contributed by atoms with Crippen LogP contribution in [-0.2, 0) is 23.7 Å². The second-order valence-electron chi connectivity index (χ2n) is 20.4. The zero-order valence-electron chi connectivity index (χ0n) is 41.9. The van der Waals surface area contributed by atoms with E-state index in [-0.39, 0.29) is 17.9 Å². The highest BCUT2D eigenvalue weighted by Crippen LogP contribution is 2.39. The van der Waals surface area contributed by atoms with Crippen molar-refractivity contribution in [2.24, 2.45) is 14.1 Å². The van der Waals surface area contributed by atoms with E-state index in [0.717, 1.165) is 146 Å². The number of pyridine rings is 2. The Morgan fingerprint density at radius 1 is 0.493 bits per heavy atom. The molecule has 2 amide bonds. The van der Waals surface area contributed by atoms with E-state index in [1.165, 1.54) is 0 Å². The number of anilines is 2. The van der Waals surface area contributed by atoms with Gasteiger partial charge in [-0.1, -0.05) is 60.7 Å². The maximum atomic E-state index is 12.0. The molecular formula is C57H56N14O2. The number of aromatic nitrogens is 10. The van der Waals surface area contributed by atoms with Gasteiger partial charge in [0, 0.05) is 111 Å². The molecule has 366 valence electrons. The Hall–Kier alpha value is -8.40. The van der Waals surface area contributed by atoms with Crippen LogP contribution in [0.1, 0.15) is 44.2 Å². The van der Waals surface area contributed by atoms with Gasteiger partial charge >= 0.3 is 0 Å². The maximum Gasteiger partial charge on any atom is 0.219 e. The Bertz CT molecular complexity index is 3810. The van der Waals surface area contributed by atoms with E-state index < -0.39 is 0 Å². The first-order valence-electron chi connectivity index (χ1n) is 25.3. The van der Waals surface area contributed by atoms with Gasteiger partial charge in [-0.3, -0.25) is 19.0 Å². The fourth-order valence-corrected chi connectivity index (χ4v) is 12.4. The number of likely N-dealkylation sites (tertiary alicyclic amines) is 1. The van der Waals surface area contributed by atoms with Gasteiger partial charge < -0.3 is 19.6 Å². The summed E-state index contributed by atoms with van der Waals surface area (Å²) in [6.45, 7) is 10.9. The smallest absolute Gasteiger partial charge is 0.219 e. The first-order chi connectivity index (χ1) is 35.4. The molecule has 0 N–H and O–H groups in total. The normalized spacial score (nSPS) is 19.3. The lowest BCUT2D eigenvalue weighted by Crippen LogP contribution is -2.64. The van der Waals surface area contributed by atoms with E-state index in [0.29, 0.717) is 18.1 Å². The van der Waals surface area contributed by atoms with Crippen molar-refractivity contribution < 1.29 is 9.59 Å². The van der Waals surface area contributed by atoms with E-state index >= 15 is 0 Å². The summed E-state index contributed by atoms with van der Waals surface area (Å²) in [6.07, 6.45) is 11.1. The molecule has 6 aromatic heterocycles. The van der Waals surface area contributed by atoms with Crippen molar-refractivity contribution in [2.45, 2.75) is 71.1 Å². The van der Waals surface area contributed by atoms with Gasteiger partial charge in [0.15, 0.2) is 0 Å². The molecule has 11 heterocycles. The number of carbonyl (C=O) groups is 2. The van der Waals surface area contributed by atoms with Gasteiger partial charge in [-0.05, 0) is 80.6 Å². The fraction of sp³-hybridized carbons (Fsp3) is 0.298. The van der Waals surface area contributed by atoms with Crippen molar-refractivity contribution in [1.82, 2.24) is 58.9 Å². The minimum Gasteiger partial charge on any atom is -0.350 e. The van der Waals surface area contributed by atoms with Crippen molar-refractivity contribution in [2.75, 3.05) is 36.0 Å². The number of carbonyl (C=O) groups excluding carboxylic acids is 2. The number of piperazine rings is 2. The summed E-state index contributed by atoms with van der Waals surface area (Å²) in [6, 6.07) is 34.7. The standard InChI is InChI=1S/C29H29N7O.C28H27N7O/c1-18-6-4-8-24-28(23-7-5-9-26-25(23)17-33(3)31-26)32-36(29(18)24)20-12-13-27(30-14-20)35-16-21-10-11-22(35)15-34(21)19(2)37;1-17-6-4-8-23-27(22-7-5-9-25-24(22)16-32(3)30-25)31-35(28(17)23)19-10-11-26(29-13-19)34-15-20-12-21(34)14-33(20)18(2)36/h4-9,12-14,17,21-22H,10-11,15-16H2,1-3H3;4-11,13,16,20-21H,12,14-15H2,1-3H3. The number of piperidine rings is 2. The lowest BCUT2D eigenvalue weighted by atomic mass is 9.90. The van der Waals surface area contributed by atoms with Gasteiger partial charge in [-0.25, -0.2) is 19.3 Å². The molecule has 0 spiro atoms. The molecule has 0 saturated carbocycles. The van der Waals surface area contributed by atoms with Crippen molar-refractivity contribution in [3.8, 4) is 33.9 Å². The lowest BCUT2D eigenvalue weighted by Gasteiger charge is -2.51. The van der Waals surface area contributed by atoms with Gasteiger partial charge in [0.1, 0.15) is 23.0 Å². The van der Waals surface area contributed by atoms with Gasteiger partial charge in [0.2, 0.25) is 11.8 Å². The highest BCUT2D eigenvalue weighted by atomic mass is 16.2. The molecule has 5 fully saturated rings. The summed E-state index contributed by atoms with van der Waals surface area (Å²) >= 11 is 0. The molecule has 0 radical (unpaired) electrons. The number of fused-ring (bicyclic) bond motifs is 9. The third kappa shape index (κ3) is 7.40. The molecule has 0 aliphatic carbocycles. The van der Waals surface area contributed by atoms with Crippen molar-refractivity contribution >= 4 is 67.1 Å². The Labute approximate surface area is 422 Å². The van der Waals surface area contributed by atoms with Crippen LogP contribution in [0.5, 0.6) is 0 Å². The van der Waals surface area contributed by atoms with Gasteiger partial charge in [-0.2, -0.15) is 20.4 Å². The molecule has 4 bridgehead atoms. The Morgan fingerprint density at radius 2 is 0.959 bits per heavy atom. The molecule has 10 aromatic rings. The largest absolute Gasteiger partial charge is 0.350 e. The lowest BCUT2D eigenvalue weighted by molar-refractivity contribution is -0.134. The van der Waals surface area contributed by atoms with Crippen LogP contribution in [0.2, 0.25) is 0 Å². The molecule has 16 heteroatoms. The number of para-hydroxylation sites is 2. The first kappa shape index (κ1) is 44.5. The van der Waals surface area contributed by atoms with Crippen LogP contribution >= 0.6 is 0 Å². The zero-order valence-corrected chi connectivity index (χ0v) is 41.9. The molecule has 4 aromatic carbocycles. The minimum absolute atomic E-state index is 0.171. The van der Waals surface area contributed by atoms with Gasteiger partial charge in [0.05, 0.1) is 57.9 Å². The summed E-state index contributed by atoms with van der Waals surface area (Å²) in [5.74, 6) is 2.28. The SMILES string of the molecule is CC(=O)N1CC2CC1CN2c1ccc(-n2nc(-c3cccc4nn(C)cc34)c3cccc(C)c32)cn1.CC(=O)N1CC2CCC1CN2c1ccc(-n2nc(-c3cccc4nn(C)cc34)c3cccc(C)c32)cn1. The molecule has 5 aliphatic rings. The minimum atomic E-state index is 0.171. The van der Waals surface area contributed by atoms with Gasteiger partial charge in [-0.15, -0.1) is 0 Å². The Morgan fingerprint density at radius 3 is 1.41 bits per heavy atom. The third-order valence-electron chi connectivity index (χ3n) is 15.8. The second kappa shape index (κ2) is 17.1. The Balaban J connectivity index is 0.000000141. The highest BCUT2D eigenvalue weighted by Gasteiger charge is 2.45. The predicted molar refractivity (Wildman–Crippen MR) is 285 cm³/mol. The summed E-state index contributed by atoms with van der Waals surface area (Å²) in [7, 11) is 3.89. The number of nitrogens with zero attached hydrogens (tertiary/aromatic N) is 14. The molecule has 5 aliphatic heterocycles. The van der Waals surface area contributed by atoms with Crippen molar-refractivity contribution in [3.63, 3.8) is 0 Å². The van der Waals surface area contributed by atoms with E-state index in [1.54, 1.807) is 13.8 Å². The third-order valence-corrected chi connectivity index (χ3v) is 15.8. The molecule has 16 nitrogen and oxygen atoms in total. The monoisotopic (exact) mass is 968 g/mol. The van der Waals surface area contributed by atoms with E-state index in [1.807, 2.05) is 79.3 Å². The van der Waals surface area contributed by atoms with Crippen LogP contribution in [0.15, 0.2) is 122 Å². The van der Waals surface area contributed by atoms with Crippen LogP contribution in [0.4, 0.5) is 11.6 Å². The highest BCUT2D eigenvalue weighted by molar-refractivity contribution is 6.05. The average Bonchev–Trinajstić information content (AvgIpc) is 4.28. The number of amides is 2. The number of hydrogen-bond acceptors (Lipinski definition) is 10. The Kier molecular flexibility index (Phi) is 10.5. The predicted octanol–water partition coefficient (Wildman–Crippen LogP) is 8.57. The van der Waals surface area contributed by atoms with Gasteiger partial charge in [0.25, 0.3) is 0 Å². The number of rotatable bonds is 6. The van der Waals surface area contributed by atoms with Crippen molar-refractivity contribution in [1.29, 1.82) is 0 Å². The maximum absolute atomic E-state index is 12.0. The molecule has 73 heavy (non-hydrogen) atoms. The van der Waals surface area contributed by atoms with E-state index in [9.17, 15) is 9.59 Å². The van der Waals surface area contributed by atoms with Crippen LogP contribution in [0.3, 0.4) is 0 Å². The summed E-state index contributed by atoms with van der Waals surface area (Å²) in [5, 5.41) is 23.8. The van der Waals surface area contributed by atoms with Crippen LogP contribution < -0.4 is 9.80 Å². The topological polar surface area (TPSA) is 144 Å². The summed E-state index contributed by atoms with van der Waals surface area (Å²) in [4.78, 5) is 42.4. The molecular weight excluding hydrogens is 913 g/mol. The molecule has 4 atom stereocenters. The zero-order chi connectivity index (χ0) is 49.8. The quantitative estimate of drug-likeness (QED) is 0.159. The van der Waals surface area contributed by atoms with Crippen LogP contribution in [0, 0.1) is 13.8 Å². The average molecular weight is 969 g/mol. The molecule has 15 rings (SSSR count). The fourth-order valence-electron chi connectivity index (χ4n) is 12.4. The van der Waals surface area contributed by atoms with E-state index in [4.69, 9.17) is 20.2 Å². The summed E-state index contributed by atoms with van der Waals surface area (Å²) in [5.41, 5.74) is 12.3. The first-order valence-corrected chi connectivity index (χ1v) is 25.3. The second-order valence-corrected chi connectivity index (χ2v) is 20.4. The number of benzene rings is 4. The summed E-state index contributed by atoms with van der Waals surface area (Å²) < 4.78 is 7.73. The van der Waals surface area contributed by atoms with Crippen LogP contribution in [0.25, 0.3) is 77.5 Å². The molecule has 5 saturated heterocycles. The van der Waals surface area contributed by atoms with E-state index in [2.05, 4.69) is 119 Å². The molecule has 4 unspecified atom stereocenters. The van der Waals surface area contributed by atoms with Crippen LogP contribution in [-0.4, -0.2) is 121 Å². The number of hydrogen-bond donors (Lipinski definition) is 0. The number of aryl methyl sites for hydroxylation is 4.